The molecule has 3 rings (SSSR count). The molecule has 0 aliphatic carbocycles. The lowest BCUT2D eigenvalue weighted by Gasteiger charge is -2.36. The predicted molar refractivity (Wildman–Crippen MR) is 127 cm³/mol. The van der Waals surface area contributed by atoms with E-state index in [1.165, 1.54) is 0 Å². The second kappa shape index (κ2) is 11.5. The molecule has 1 aliphatic rings. The van der Waals surface area contributed by atoms with E-state index in [0.29, 0.717) is 49.4 Å². The van der Waals surface area contributed by atoms with Crippen molar-refractivity contribution in [1.29, 1.82) is 0 Å². The normalized spacial score (nSPS) is 14.9. The largest absolute Gasteiger partial charge is 0.496 e. The molecular weight excluding hydrogens is 418 g/mol. The number of hydrogen-bond donors (Lipinski definition) is 2. The number of para-hydroxylation sites is 1. The van der Waals surface area contributed by atoms with Gasteiger partial charge in [-0.05, 0) is 56.4 Å². The summed E-state index contributed by atoms with van der Waals surface area (Å²) >= 11 is 0. The lowest BCUT2D eigenvalue weighted by Crippen LogP contribution is -2.54. The minimum atomic E-state index is -0.645. The summed E-state index contributed by atoms with van der Waals surface area (Å²) in [6.07, 6.45) is 2.06. The van der Waals surface area contributed by atoms with Crippen LogP contribution < -0.4 is 15.4 Å². The van der Waals surface area contributed by atoms with Crippen LogP contribution in [0.15, 0.2) is 48.5 Å². The average molecular weight is 452 g/mol. The molecule has 3 amide bonds. The van der Waals surface area contributed by atoms with Crippen molar-refractivity contribution >= 4 is 17.7 Å². The smallest absolute Gasteiger partial charge is 0.257 e. The Morgan fingerprint density at radius 3 is 2.36 bits per heavy atom. The molecule has 1 fully saturated rings. The second-order valence-electron chi connectivity index (χ2n) is 8.44. The number of benzene rings is 2. The number of rotatable bonds is 8. The topological polar surface area (TPSA) is 87.7 Å². The summed E-state index contributed by atoms with van der Waals surface area (Å²) in [7, 11) is 1.55. The minimum Gasteiger partial charge on any atom is -0.496 e. The first-order chi connectivity index (χ1) is 15.9. The van der Waals surface area contributed by atoms with Crippen molar-refractivity contribution in [3.05, 3.63) is 65.2 Å². The molecule has 176 valence electrons. The first-order valence-electron chi connectivity index (χ1n) is 11.5. The van der Waals surface area contributed by atoms with Gasteiger partial charge in [-0.15, -0.1) is 0 Å². The van der Waals surface area contributed by atoms with Crippen molar-refractivity contribution in [2.45, 2.75) is 39.2 Å². The van der Waals surface area contributed by atoms with Crippen LogP contribution in [0.4, 0.5) is 0 Å². The maximum Gasteiger partial charge on any atom is 0.257 e. The Hall–Kier alpha value is -3.35. The van der Waals surface area contributed by atoms with Crippen molar-refractivity contribution in [2.24, 2.45) is 5.92 Å². The highest BCUT2D eigenvalue weighted by Crippen LogP contribution is 2.25. The van der Waals surface area contributed by atoms with Crippen molar-refractivity contribution in [3.8, 4) is 5.75 Å². The molecule has 0 unspecified atom stereocenters. The van der Waals surface area contributed by atoms with Gasteiger partial charge in [0.15, 0.2) is 0 Å². The van der Waals surface area contributed by atoms with Gasteiger partial charge < -0.3 is 20.3 Å². The molecule has 0 aromatic heterocycles. The number of piperidine rings is 1. The molecule has 0 radical (unpaired) electrons. The van der Waals surface area contributed by atoms with E-state index < -0.39 is 6.04 Å². The zero-order valence-electron chi connectivity index (χ0n) is 19.6. The fraction of sp³-hybridized carbons (Fsp3) is 0.423. The number of carbonyl (C=O) groups is 3. The van der Waals surface area contributed by atoms with Gasteiger partial charge in [0.1, 0.15) is 11.8 Å². The molecule has 33 heavy (non-hydrogen) atoms. The highest BCUT2D eigenvalue weighted by Gasteiger charge is 2.34. The highest BCUT2D eigenvalue weighted by atomic mass is 16.5. The number of likely N-dealkylation sites (tertiary alicyclic amines) is 1. The Kier molecular flexibility index (Phi) is 8.46. The Morgan fingerprint density at radius 2 is 1.73 bits per heavy atom. The van der Waals surface area contributed by atoms with Crippen molar-refractivity contribution in [2.75, 3.05) is 26.7 Å². The molecule has 7 heteroatoms. The number of amides is 3. The zero-order valence-corrected chi connectivity index (χ0v) is 19.6. The summed E-state index contributed by atoms with van der Waals surface area (Å²) in [5.74, 6) is -0.0302. The number of carbonyl (C=O) groups excluding carboxylic acids is 3. The first-order valence-corrected chi connectivity index (χ1v) is 11.5. The van der Waals surface area contributed by atoms with Crippen LogP contribution in [0.2, 0.25) is 0 Å². The Labute approximate surface area is 195 Å². The average Bonchev–Trinajstić information content (AvgIpc) is 2.85. The lowest BCUT2D eigenvalue weighted by atomic mass is 9.88. The summed E-state index contributed by atoms with van der Waals surface area (Å²) in [6.45, 7) is 5.53. The Balaban J connectivity index is 1.69. The number of hydrogen-bond acceptors (Lipinski definition) is 4. The fourth-order valence-corrected chi connectivity index (χ4v) is 4.11. The van der Waals surface area contributed by atoms with Crippen LogP contribution >= 0.6 is 0 Å². The zero-order chi connectivity index (χ0) is 23.8. The highest BCUT2D eigenvalue weighted by molar-refractivity contribution is 5.98. The van der Waals surface area contributed by atoms with Crippen molar-refractivity contribution < 1.29 is 19.1 Å². The van der Waals surface area contributed by atoms with Gasteiger partial charge >= 0.3 is 0 Å². The van der Waals surface area contributed by atoms with E-state index in [9.17, 15) is 14.4 Å². The van der Waals surface area contributed by atoms with Gasteiger partial charge in [-0.3, -0.25) is 14.4 Å². The quantitative estimate of drug-likeness (QED) is 0.645. The Morgan fingerprint density at radius 1 is 1.06 bits per heavy atom. The molecule has 1 heterocycles. The summed E-state index contributed by atoms with van der Waals surface area (Å²) in [5, 5.41) is 5.87. The van der Waals surface area contributed by atoms with Crippen LogP contribution in [0.3, 0.4) is 0 Å². The van der Waals surface area contributed by atoms with Crippen LogP contribution in [-0.4, -0.2) is 55.4 Å². The molecule has 0 bridgehead atoms. The standard InChI is InChI=1S/C26H33N3O4/c1-4-15-27-25(31)23(28-24(30)20-11-9-18(2)10-12-20)19-13-16-29(17-14-19)26(32)21-7-5-6-8-22(21)33-3/h5-12,19,23H,4,13-17H2,1-3H3,(H,27,31)(H,28,30)/t23-/m0/s1. The molecule has 7 nitrogen and oxygen atoms in total. The molecule has 2 N–H and O–H groups in total. The molecule has 1 saturated heterocycles. The second-order valence-corrected chi connectivity index (χ2v) is 8.44. The number of nitrogens with one attached hydrogen (secondary N) is 2. The third-order valence-electron chi connectivity index (χ3n) is 6.07. The Bertz CT molecular complexity index is 966. The van der Waals surface area contributed by atoms with Crippen LogP contribution in [0.25, 0.3) is 0 Å². The van der Waals surface area contributed by atoms with Gasteiger partial charge in [0.2, 0.25) is 5.91 Å². The van der Waals surface area contributed by atoms with Gasteiger partial charge in [-0.2, -0.15) is 0 Å². The van der Waals surface area contributed by atoms with E-state index in [1.807, 2.05) is 38.1 Å². The van der Waals surface area contributed by atoms with E-state index in [0.717, 1.165) is 12.0 Å². The third-order valence-corrected chi connectivity index (χ3v) is 6.07. The van der Waals surface area contributed by atoms with E-state index >= 15 is 0 Å². The number of ether oxygens (including phenoxy) is 1. The summed E-state index contributed by atoms with van der Waals surface area (Å²) in [4.78, 5) is 40.6. The van der Waals surface area contributed by atoms with Crippen molar-refractivity contribution in [3.63, 3.8) is 0 Å². The van der Waals surface area contributed by atoms with E-state index in [1.54, 1.807) is 36.3 Å². The number of nitrogens with zero attached hydrogens (tertiary/aromatic N) is 1. The van der Waals surface area contributed by atoms with Gasteiger partial charge in [0.05, 0.1) is 12.7 Å². The molecule has 0 saturated carbocycles. The maximum absolute atomic E-state index is 13.0. The molecule has 1 aliphatic heterocycles. The third kappa shape index (κ3) is 6.12. The van der Waals surface area contributed by atoms with Gasteiger partial charge in [-0.25, -0.2) is 0 Å². The molecule has 2 aromatic rings. The summed E-state index contributed by atoms with van der Waals surface area (Å²) in [5.41, 5.74) is 2.12. The molecular formula is C26H33N3O4. The lowest BCUT2D eigenvalue weighted by molar-refractivity contribution is -0.124. The van der Waals surface area contributed by atoms with Crippen LogP contribution in [0.1, 0.15) is 52.5 Å². The molecule has 2 aromatic carbocycles. The summed E-state index contributed by atoms with van der Waals surface area (Å²) in [6, 6.07) is 13.8. The first kappa shape index (κ1) is 24.3. The fourth-order valence-electron chi connectivity index (χ4n) is 4.11. The van der Waals surface area contributed by atoms with Gasteiger partial charge in [0.25, 0.3) is 11.8 Å². The monoisotopic (exact) mass is 451 g/mol. The summed E-state index contributed by atoms with van der Waals surface area (Å²) < 4.78 is 5.33. The van der Waals surface area contributed by atoms with E-state index in [-0.39, 0.29) is 23.6 Å². The maximum atomic E-state index is 13.0. The molecule has 0 spiro atoms. The van der Waals surface area contributed by atoms with Crippen LogP contribution in [0.5, 0.6) is 5.75 Å². The van der Waals surface area contributed by atoms with Crippen LogP contribution in [0, 0.1) is 12.8 Å². The predicted octanol–water partition coefficient (Wildman–Crippen LogP) is 3.18. The van der Waals surface area contributed by atoms with Crippen molar-refractivity contribution in [1.82, 2.24) is 15.5 Å². The minimum absolute atomic E-state index is 0.0574. The SMILES string of the molecule is CCCNC(=O)[C@@H](NC(=O)c1ccc(C)cc1)C1CCN(C(=O)c2ccccc2OC)CC1. The van der Waals surface area contributed by atoms with Gasteiger partial charge in [-0.1, -0.05) is 36.8 Å². The molecule has 1 atom stereocenters. The van der Waals surface area contributed by atoms with Gasteiger partial charge in [0, 0.05) is 25.2 Å². The van der Waals surface area contributed by atoms with Crippen LogP contribution in [-0.2, 0) is 4.79 Å². The van der Waals surface area contributed by atoms with E-state index in [4.69, 9.17) is 4.74 Å². The number of aryl methyl sites for hydroxylation is 1. The number of methoxy groups -OCH3 is 1. The van der Waals surface area contributed by atoms with E-state index in [2.05, 4.69) is 10.6 Å².